The number of benzene rings is 2. The highest BCUT2D eigenvalue weighted by Crippen LogP contribution is 2.33. The van der Waals surface area contributed by atoms with E-state index in [1.54, 1.807) is 69.5 Å². The third kappa shape index (κ3) is 5.91. The molecule has 29 heavy (non-hydrogen) atoms. The largest absolute Gasteiger partial charge is 0.497 e. The van der Waals surface area contributed by atoms with E-state index in [0.29, 0.717) is 16.9 Å². The fourth-order valence-corrected chi connectivity index (χ4v) is 3.11. The molecular weight excluding hydrogens is 372 g/mol. The van der Waals surface area contributed by atoms with E-state index in [4.69, 9.17) is 14.2 Å². The van der Waals surface area contributed by atoms with Crippen LogP contribution in [0.2, 0.25) is 0 Å². The van der Waals surface area contributed by atoms with Crippen LogP contribution in [0.4, 0.5) is 0 Å². The fourth-order valence-electron chi connectivity index (χ4n) is 3.11. The van der Waals surface area contributed by atoms with Crippen LogP contribution in [0.3, 0.4) is 0 Å². The molecule has 0 unspecified atom stereocenters. The molecule has 0 N–H and O–H groups in total. The highest BCUT2D eigenvalue weighted by Gasteiger charge is 2.39. The van der Waals surface area contributed by atoms with Crippen LogP contribution in [0, 0.1) is 5.92 Å². The van der Waals surface area contributed by atoms with Crippen molar-refractivity contribution >= 4 is 17.7 Å². The Morgan fingerprint density at radius 2 is 1.38 bits per heavy atom. The molecule has 154 valence electrons. The van der Waals surface area contributed by atoms with Crippen LogP contribution in [-0.2, 0) is 19.1 Å². The van der Waals surface area contributed by atoms with Crippen LogP contribution in [-0.4, -0.2) is 38.0 Å². The molecule has 0 radical (unpaired) electrons. The second-order valence-corrected chi connectivity index (χ2v) is 6.35. The van der Waals surface area contributed by atoms with Gasteiger partial charge in [0.2, 0.25) is 0 Å². The summed E-state index contributed by atoms with van der Waals surface area (Å²) >= 11 is 0. The van der Waals surface area contributed by atoms with Gasteiger partial charge in [-0.2, -0.15) is 0 Å². The van der Waals surface area contributed by atoms with Crippen LogP contribution in [0.5, 0.6) is 5.75 Å². The molecule has 0 amide bonds. The summed E-state index contributed by atoms with van der Waals surface area (Å²) in [5.41, 5.74) is 1.17. The van der Waals surface area contributed by atoms with Crippen molar-refractivity contribution in [3.05, 3.63) is 65.7 Å². The third-order valence-electron chi connectivity index (χ3n) is 4.53. The molecule has 0 saturated carbocycles. The van der Waals surface area contributed by atoms with Gasteiger partial charge < -0.3 is 14.2 Å². The zero-order chi connectivity index (χ0) is 21.2. The van der Waals surface area contributed by atoms with Gasteiger partial charge in [-0.15, -0.1) is 0 Å². The van der Waals surface area contributed by atoms with Crippen LogP contribution >= 0.6 is 0 Å². The average molecular weight is 398 g/mol. The van der Waals surface area contributed by atoms with Gasteiger partial charge in [-0.1, -0.05) is 42.5 Å². The quantitative estimate of drug-likeness (QED) is 0.344. The molecule has 6 nitrogen and oxygen atoms in total. The van der Waals surface area contributed by atoms with E-state index in [1.807, 2.05) is 6.07 Å². The van der Waals surface area contributed by atoms with Crippen LogP contribution in [0.1, 0.15) is 42.1 Å². The number of hydrogen-bond donors (Lipinski definition) is 0. The number of ether oxygens (including phenoxy) is 3. The average Bonchev–Trinajstić information content (AvgIpc) is 2.74. The zero-order valence-corrected chi connectivity index (χ0v) is 16.9. The molecule has 0 aliphatic heterocycles. The van der Waals surface area contributed by atoms with Gasteiger partial charge in [0.05, 0.1) is 20.3 Å². The first-order chi connectivity index (χ1) is 14.0. The molecule has 1 atom stereocenters. The minimum Gasteiger partial charge on any atom is -0.497 e. The molecule has 0 aliphatic carbocycles. The van der Waals surface area contributed by atoms with Gasteiger partial charge in [0.15, 0.2) is 11.7 Å². The molecule has 2 rings (SSSR count). The first kappa shape index (κ1) is 22.1. The van der Waals surface area contributed by atoms with Crippen molar-refractivity contribution in [2.24, 2.45) is 5.92 Å². The maximum atomic E-state index is 12.9. The van der Waals surface area contributed by atoms with Crippen molar-refractivity contribution < 1.29 is 28.6 Å². The van der Waals surface area contributed by atoms with Gasteiger partial charge in [0.25, 0.3) is 0 Å². The number of esters is 2. The molecule has 0 aromatic heterocycles. The van der Waals surface area contributed by atoms with Gasteiger partial charge in [0.1, 0.15) is 5.75 Å². The van der Waals surface area contributed by atoms with E-state index < -0.39 is 23.8 Å². The van der Waals surface area contributed by atoms with E-state index in [0.717, 1.165) is 0 Å². The second-order valence-electron chi connectivity index (χ2n) is 6.35. The van der Waals surface area contributed by atoms with Crippen molar-refractivity contribution in [1.82, 2.24) is 0 Å². The summed E-state index contributed by atoms with van der Waals surface area (Å²) < 4.78 is 15.4. The lowest BCUT2D eigenvalue weighted by Gasteiger charge is -2.24. The van der Waals surface area contributed by atoms with Gasteiger partial charge in [-0.3, -0.25) is 14.4 Å². The summed E-state index contributed by atoms with van der Waals surface area (Å²) in [6.07, 6.45) is -0.0430. The molecule has 2 aromatic rings. The maximum Gasteiger partial charge on any atom is 0.320 e. The van der Waals surface area contributed by atoms with E-state index in [9.17, 15) is 14.4 Å². The Balaban J connectivity index is 2.45. The van der Waals surface area contributed by atoms with Crippen molar-refractivity contribution in [3.8, 4) is 5.75 Å². The summed E-state index contributed by atoms with van der Waals surface area (Å²) in [6, 6.07) is 15.7. The van der Waals surface area contributed by atoms with Gasteiger partial charge in [-0.05, 0) is 31.5 Å². The maximum absolute atomic E-state index is 12.9. The Hall–Kier alpha value is -3.15. The third-order valence-corrected chi connectivity index (χ3v) is 4.53. The molecule has 0 aliphatic rings. The van der Waals surface area contributed by atoms with Crippen LogP contribution in [0.15, 0.2) is 54.6 Å². The monoisotopic (exact) mass is 398 g/mol. The Labute approximate surface area is 170 Å². The summed E-state index contributed by atoms with van der Waals surface area (Å²) in [7, 11) is 1.55. The van der Waals surface area contributed by atoms with E-state index >= 15 is 0 Å². The Morgan fingerprint density at radius 3 is 1.86 bits per heavy atom. The van der Waals surface area contributed by atoms with Crippen LogP contribution in [0.25, 0.3) is 0 Å². The Bertz CT molecular complexity index is 795. The van der Waals surface area contributed by atoms with Crippen molar-refractivity contribution in [1.29, 1.82) is 0 Å². The second kappa shape index (κ2) is 11.0. The minimum atomic E-state index is -1.24. The Morgan fingerprint density at radius 1 is 0.828 bits per heavy atom. The number of rotatable bonds is 10. The molecular formula is C23H26O6. The van der Waals surface area contributed by atoms with Crippen molar-refractivity contribution in [3.63, 3.8) is 0 Å². The van der Waals surface area contributed by atoms with E-state index in [2.05, 4.69) is 0 Å². The van der Waals surface area contributed by atoms with Gasteiger partial charge in [0, 0.05) is 17.9 Å². The molecule has 0 bridgehead atoms. The number of hydrogen-bond acceptors (Lipinski definition) is 6. The number of carbonyl (C=O) groups is 3. The van der Waals surface area contributed by atoms with Gasteiger partial charge >= 0.3 is 11.9 Å². The summed E-state index contributed by atoms with van der Waals surface area (Å²) in [6.45, 7) is 3.57. The summed E-state index contributed by atoms with van der Waals surface area (Å²) in [5.74, 6) is -2.92. The minimum absolute atomic E-state index is 0.0430. The Kier molecular flexibility index (Phi) is 8.40. The molecule has 0 spiro atoms. The standard InChI is InChI=1S/C23H26O6/c1-4-28-22(25)21(23(26)29-5-2)19(16-11-13-18(27-3)14-12-16)15-20(24)17-9-7-6-8-10-17/h6-14,19,21H,4-5,15H2,1-3H3/t19-/m1/s1. The highest BCUT2D eigenvalue weighted by atomic mass is 16.6. The van der Waals surface area contributed by atoms with Crippen molar-refractivity contribution in [2.75, 3.05) is 20.3 Å². The molecule has 0 fully saturated rings. The van der Waals surface area contributed by atoms with Crippen molar-refractivity contribution in [2.45, 2.75) is 26.2 Å². The molecule has 0 heterocycles. The SMILES string of the molecule is CCOC(=O)C(C(=O)OCC)[C@H](CC(=O)c1ccccc1)c1ccc(OC)cc1. The first-order valence-electron chi connectivity index (χ1n) is 9.57. The first-order valence-corrected chi connectivity index (χ1v) is 9.57. The summed E-state index contributed by atoms with van der Waals surface area (Å²) in [4.78, 5) is 38.2. The van der Waals surface area contributed by atoms with Crippen LogP contribution < -0.4 is 4.74 Å². The highest BCUT2D eigenvalue weighted by molar-refractivity contribution is 6.00. The number of ketones is 1. The summed E-state index contributed by atoms with van der Waals surface area (Å²) in [5, 5.41) is 0. The normalized spacial score (nSPS) is 11.6. The zero-order valence-electron chi connectivity index (χ0n) is 16.9. The lowest BCUT2D eigenvalue weighted by Crippen LogP contribution is -2.34. The lowest BCUT2D eigenvalue weighted by atomic mass is 9.81. The smallest absolute Gasteiger partial charge is 0.320 e. The van der Waals surface area contributed by atoms with E-state index in [1.165, 1.54) is 0 Å². The van der Waals surface area contributed by atoms with E-state index in [-0.39, 0.29) is 25.4 Å². The lowest BCUT2D eigenvalue weighted by molar-refractivity contribution is -0.162. The molecule has 6 heteroatoms. The predicted octanol–water partition coefficient (Wildman–Crippen LogP) is 3.79. The number of carbonyl (C=O) groups excluding carboxylic acids is 3. The van der Waals surface area contributed by atoms with Gasteiger partial charge in [-0.25, -0.2) is 0 Å². The fraction of sp³-hybridized carbons (Fsp3) is 0.348. The topological polar surface area (TPSA) is 78.9 Å². The number of methoxy groups -OCH3 is 1. The number of Topliss-reactive ketones (excluding diaryl/α,β-unsaturated/α-hetero) is 1. The predicted molar refractivity (Wildman–Crippen MR) is 108 cm³/mol. The molecule has 2 aromatic carbocycles. The molecule has 0 saturated heterocycles.